The molecule has 2 aromatic carbocycles. The number of halogens is 1. The van der Waals surface area contributed by atoms with Crippen LogP contribution in [-0.2, 0) is 14.6 Å². The lowest BCUT2D eigenvalue weighted by atomic mass is 9.95. The number of amides is 1. The lowest BCUT2D eigenvalue weighted by molar-refractivity contribution is -0.114. The molecule has 0 bridgehead atoms. The molecule has 0 radical (unpaired) electrons. The van der Waals surface area contributed by atoms with E-state index in [0.717, 1.165) is 18.5 Å². The first-order chi connectivity index (χ1) is 12.9. The lowest BCUT2D eigenvalue weighted by Gasteiger charge is -2.24. The summed E-state index contributed by atoms with van der Waals surface area (Å²) < 4.78 is 25.8. The van der Waals surface area contributed by atoms with Crippen molar-refractivity contribution in [3.63, 3.8) is 0 Å². The fourth-order valence-corrected chi connectivity index (χ4v) is 5.14. The molecule has 1 aliphatic rings. The van der Waals surface area contributed by atoms with Crippen molar-refractivity contribution in [2.75, 3.05) is 10.6 Å². The minimum absolute atomic E-state index is 0.0747. The van der Waals surface area contributed by atoms with Gasteiger partial charge in [-0.15, -0.1) is 0 Å². The van der Waals surface area contributed by atoms with Crippen molar-refractivity contribution in [2.24, 2.45) is 0 Å². The molecule has 144 valence electrons. The number of carbonyl (C=O) groups excluding carboxylic acids is 1. The number of rotatable bonds is 5. The van der Waals surface area contributed by atoms with Gasteiger partial charge in [0.15, 0.2) is 0 Å². The van der Waals surface area contributed by atoms with Gasteiger partial charge in [-0.25, -0.2) is 8.42 Å². The molecular weight excluding hydrogens is 384 g/mol. The van der Waals surface area contributed by atoms with Gasteiger partial charge in [0.25, 0.3) is 0 Å². The second-order valence-corrected chi connectivity index (χ2v) is 9.16. The third-order valence-corrected chi connectivity index (χ3v) is 6.93. The number of anilines is 2. The van der Waals surface area contributed by atoms with Gasteiger partial charge in [-0.3, -0.25) is 4.79 Å². The summed E-state index contributed by atoms with van der Waals surface area (Å²) in [7, 11) is -3.74. The standard InChI is InChI=1S/C20H23ClN2O3S/c1-14(24)22-16-7-10-18(11-8-16)27(25,26)20-12-9-17(13-19(20)21)23-15-5-3-2-4-6-15/h7-13,15,23H,2-6H2,1H3,(H,22,24). The quantitative estimate of drug-likeness (QED) is 0.742. The SMILES string of the molecule is CC(=O)Nc1ccc(S(=O)(=O)c2ccc(NC3CCCCC3)cc2Cl)cc1. The molecule has 1 fully saturated rings. The van der Waals surface area contributed by atoms with Crippen molar-refractivity contribution in [1.29, 1.82) is 0 Å². The van der Waals surface area contributed by atoms with E-state index in [1.165, 1.54) is 38.3 Å². The fourth-order valence-electron chi connectivity index (χ4n) is 3.34. The number of nitrogens with one attached hydrogen (secondary N) is 2. The predicted molar refractivity (Wildman–Crippen MR) is 108 cm³/mol. The number of hydrogen-bond acceptors (Lipinski definition) is 4. The van der Waals surface area contributed by atoms with Crippen molar-refractivity contribution < 1.29 is 13.2 Å². The Labute approximate surface area is 165 Å². The molecular formula is C20H23ClN2O3S. The van der Waals surface area contributed by atoms with Crippen LogP contribution in [0.3, 0.4) is 0 Å². The number of carbonyl (C=O) groups is 1. The Morgan fingerprint density at radius 1 is 1.00 bits per heavy atom. The first kappa shape index (κ1) is 19.7. The molecule has 1 aliphatic carbocycles. The van der Waals surface area contributed by atoms with Crippen molar-refractivity contribution >= 4 is 38.7 Å². The van der Waals surface area contributed by atoms with Crippen LogP contribution in [0.4, 0.5) is 11.4 Å². The van der Waals surface area contributed by atoms with Crippen LogP contribution in [0.2, 0.25) is 5.02 Å². The van der Waals surface area contributed by atoms with E-state index >= 15 is 0 Å². The summed E-state index contributed by atoms with van der Waals surface area (Å²) >= 11 is 6.31. The highest BCUT2D eigenvalue weighted by molar-refractivity contribution is 7.91. The average molecular weight is 407 g/mol. The van der Waals surface area contributed by atoms with Gasteiger partial charge in [0.1, 0.15) is 0 Å². The van der Waals surface area contributed by atoms with Crippen LogP contribution in [0, 0.1) is 0 Å². The van der Waals surface area contributed by atoms with E-state index in [1.807, 2.05) is 0 Å². The van der Waals surface area contributed by atoms with Crippen molar-refractivity contribution in [3.05, 3.63) is 47.5 Å². The molecule has 1 saturated carbocycles. The molecule has 2 aromatic rings. The summed E-state index contributed by atoms with van der Waals surface area (Å²) in [6.45, 7) is 1.40. The zero-order valence-electron chi connectivity index (χ0n) is 15.2. The minimum atomic E-state index is -3.74. The molecule has 0 saturated heterocycles. The average Bonchev–Trinajstić information content (AvgIpc) is 2.62. The molecule has 0 heterocycles. The third-order valence-electron chi connectivity index (χ3n) is 4.68. The minimum Gasteiger partial charge on any atom is -0.382 e. The number of hydrogen-bond donors (Lipinski definition) is 2. The predicted octanol–water partition coefficient (Wildman–Crippen LogP) is 4.88. The number of benzene rings is 2. The Morgan fingerprint density at radius 2 is 1.63 bits per heavy atom. The van der Waals surface area contributed by atoms with Crippen LogP contribution in [0.15, 0.2) is 52.3 Å². The van der Waals surface area contributed by atoms with E-state index in [4.69, 9.17) is 11.6 Å². The monoisotopic (exact) mass is 406 g/mol. The maximum Gasteiger partial charge on any atom is 0.221 e. The van der Waals surface area contributed by atoms with E-state index in [0.29, 0.717) is 11.7 Å². The van der Waals surface area contributed by atoms with E-state index < -0.39 is 9.84 Å². The molecule has 27 heavy (non-hydrogen) atoms. The second kappa shape index (κ2) is 8.31. The van der Waals surface area contributed by atoms with Crippen LogP contribution >= 0.6 is 11.6 Å². The van der Waals surface area contributed by atoms with Crippen molar-refractivity contribution in [2.45, 2.75) is 54.9 Å². The summed E-state index contributed by atoms with van der Waals surface area (Å²) in [5, 5.41) is 6.26. The third kappa shape index (κ3) is 4.82. The molecule has 3 rings (SSSR count). The molecule has 1 amide bonds. The topological polar surface area (TPSA) is 75.3 Å². The molecule has 0 aromatic heterocycles. The summed E-state index contributed by atoms with van der Waals surface area (Å²) in [6.07, 6.45) is 5.95. The zero-order chi connectivity index (χ0) is 19.4. The second-order valence-electron chi connectivity index (χ2n) is 6.83. The molecule has 0 aliphatic heterocycles. The van der Waals surface area contributed by atoms with E-state index in [-0.39, 0.29) is 20.7 Å². The largest absolute Gasteiger partial charge is 0.382 e. The van der Waals surface area contributed by atoms with Gasteiger partial charge in [0.05, 0.1) is 14.8 Å². The highest BCUT2D eigenvalue weighted by Crippen LogP contribution is 2.31. The molecule has 5 nitrogen and oxygen atoms in total. The van der Waals surface area contributed by atoms with Crippen molar-refractivity contribution in [1.82, 2.24) is 0 Å². The van der Waals surface area contributed by atoms with Gasteiger partial charge >= 0.3 is 0 Å². The molecule has 2 N–H and O–H groups in total. The smallest absolute Gasteiger partial charge is 0.221 e. The van der Waals surface area contributed by atoms with Gasteiger partial charge in [0, 0.05) is 24.3 Å². The Morgan fingerprint density at radius 3 is 2.22 bits per heavy atom. The van der Waals surface area contributed by atoms with Gasteiger partial charge in [-0.2, -0.15) is 0 Å². The maximum absolute atomic E-state index is 12.9. The first-order valence-electron chi connectivity index (χ1n) is 9.05. The highest BCUT2D eigenvalue weighted by atomic mass is 35.5. The van der Waals surface area contributed by atoms with Crippen LogP contribution in [0.25, 0.3) is 0 Å². The van der Waals surface area contributed by atoms with Crippen LogP contribution in [0.1, 0.15) is 39.0 Å². The highest BCUT2D eigenvalue weighted by Gasteiger charge is 2.22. The van der Waals surface area contributed by atoms with E-state index in [2.05, 4.69) is 10.6 Å². The molecule has 0 unspecified atom stereocenters. The summed E-state index contributed by atoms with van der Waals surface area (Å²) in [6, 6.07) is 11.4. The van der Waals surface area contributed by atoms with Crippen LogP contribution in [0.5, 0.6) is 0 Å². The maximum atomic E-state index is 12.9. The first-order valence-corrected chi connectivity index (χ1v) is 10.9. The Hall–Kier alpha value is -2.05. The zero-order valence-corrected chi connectivity index (χ0v) is 16.7. The van der Waals surface area contributed by atoms with Crippen LogP contribution in [-0.4, -0.2) is 20.4 Å². The lowest BCUT2D eigenvalue weighted by Crippen LogP contribution is -2.22. The van der Waals surface area contributed by atoms with Crippen LogP contribution < -0.4 is 10.6 Å². The molecule has 0 spiro atoms. The van der Waals surface area contributed by atoms with Gasteiger partial charge in [-0.05, 0) is 55.3 Å². The number of sulfone groups is 1. The summed E-state index contributed by atoms with van der Waals surface area (Å²) in [5.41, 5.74) is 1.38. The van der Waals surface area contributed by atoms with E-state index in [9.17, 15) is 13.2 Å². The van der Waals surface area contributed by atoms with E-state index in [1.54, 1.807) is 30.3 Å². The fraction of sp³-hybridized carbons (Fsp3) is 0.350. The van der Waals surface area contributed by atoms with Gasteiger partial charge < -0.3 is 10.6 Å². The molecule has 0 atom stereocenters. The normalized spacial score (nSPS) is 15.3. The van der Waals surface area contributed by atoms with Gasteiger partial charge in [0.2, 0.25) is 15.7 Å². The Bertz CT molecular complexity index is 921. The molecule has 7 heteroatoms. The Kier molecular flexibility index (Phi) is 6.07. The van der Waals surface area contributed by atoms with Crippen molar-refractivity contribution in [3.8, 4) is 0 Å². The summed E-state index contributed by atoms with van der Waals surface area (Å²) in [4.78, 5) is 11.3. The summed E-state index contributed by atoms with van der Waals surface area (Å²) in [5.74, 6) is -0.213. The van der Waals surface area contributed by atoms with Gasteiger partial charge in [-0.1, -0.05) is 30.9 Å². The Balaban J connectivity index is 1.80.